The molecule has 0 unspecified atom stereocenters. The van der Waals surface area contributed by atoms with Crippen molar-refractivity contribution >= 4 is 11.8 Å². The van der Waals surface area contributed by atoms with Gasteiger partial charge >= 0.3 is 0 Å². The lowest BCUT2D eigenvalue weighted by atomic mass is 9.99. The molecular formula is C25H31N3O7. The molecule has 0 saturated carbocycles. The van der Waals surface area contributed by atoms with Gasteiger partial charge in [-0.15, -0.1) is 0 Å². The summed E-state index contributed by atoms with van der Waals surface area (Å²) >= 11 is 0. The van der Waals surface area contributed by atoms with E-state index in [0.29, 0.717) is 30.9 Å². The number of ether oxygens (including phenoxy) is 4. The van der Waals surface area contributed by atoms with E-state index in [1.165, 1.54) is 0 Å². The maximum Gasteiger partial charge on any atom is 0.251 e. The molecule has 2 aromatic rings. The second-order valence-corrected chi connectivity index (χ2v) is 7.66. The van der Waals surface area contributed by atoms with Gasteiger partial charge in [0.05, 0.1) is 56.6 Å². The van der Waals surface area contributed by atoms with E-state index in [0.717, 1.165) is 5.56 Å². The maximum absolute atomic E-state index is 12.8. The van der Waals surface area contributed by atoms with E-state index in [-0.39, 0.29) is 26.4 Å². The molecule has 188 valence electrons. The van der Waals surface area contributed by atoms with Gasteiger partial charge in [-0.05, 0) is 36.2 Å². The number of rotatable bonds is 16. The van der Waals surface area contributed by atoms with Crippen molar-refractivity contribution in [3.8, 4) is 6.07 Å². The third kappa shape index (κ3) is 10.6. The van der Waals surface area contributed by atoms with Crippen LogP contribution in [0.25, 0.3) is 0 Å². The molecule has 0 saturated heterocycles. The second kappa shape index (κ2) is 16.3. The van der Waals surface area contributed by atoms with Crippen LogP contribution >= 0.6 is 0 Å². The predicted molar refractivity (Wildman–Crippen MR) is 125 cm³/mol. The number of hydroxylamine groups is 1. The van der Waals surface area contributed by atoms with Crippen LogP contribution in [-0.4, -0.2) is 63.4 Å². The fourth-order valence-electron chi connectivity index (χ4n) is 3.16. The number of methoxy groups -OCH3 is 1. The van der Waals surface area contributed by atoms with Crippen molar-refractivity contribution in [1.82, 2.24) is 10.8 Å². The van der Waals surface area contributed by atoms with Crippen LogP contribution in [0.5, 0.6) is 0 Å². The zero-order valence-electron chi connectivity index (χ0n) is 19.6. The number of hydrogen-bond donors (Lipinski definition) is 3. The highest BCUT2D eigenvalue weighted by Crippen LogP contribution is 2.13. The quantitative estimate of drug-likeness (QED) is 0.142. The average Bonchev–Trinajstić information content (AvgIpc) is 2.90. The lowest BCUT2D eigenvalue weighted by Crippen LogP contribution is -2.43. The Balaban J connectivity index is 2.01. The maximum atomic E-state index is 12.8. The number of carbonyl (C=O) groups is 2. The molecule has 10 heteroatoms. The minimum absolute atomic E-state index is 0.0199. The van der Waals surface area contributed by atoms with Crippen LogP contribution in [-0.2, 0) is 30.3 Å². The molecular weight excluding hydrogens is 454 g/mol. The van der Waals surface area contributed by atoms with Crippen molar-refractivity contribution in [2.75, 3.05) is 40.3 Å². The highest BCUT2D eigenvalue weighted by Gasteiger charge is 2.25. The molecule has 2 aromatic carbocycles. The van der Waals surface area contributed by atoms with Crippen molar-refractivity contribution in [3.05, 3.63) is 71.3 Å². The minimum atomic E-state index is -0.756. The number of nitriles is 1. The number of hydrogen-bond acceptors (Lipinski definition) is 8. The highest BCUT2D eigenvalue weighted by atomic mass is 16.7. The molecule has 3 N–H and O–H groups in total. The van der Waals surface area contributed by atoms with Crippen LogP contribution in [0.4, 0.5) is 0 Å². The molecule has 0 aliphatic rings. The molecule has 0 aromatic heterocycles. The Morgan fingerprint density at radius 1 is 1.00 bits per heavy atom. The van der Waals surface area contributed by atoms with Crippen molar-refractivity contribution in [2.24, 2.45) is 5.92 Å². The number of amides is 2. The Bertz CT molecular complexity index is 932. The monoisotopic (exact) mass is 485 g/mol. The molecule has 0 aliphatic heterocycles. The number of carbonyl (C=O) groups excluding carboxylic acids is 2. The van der Waals surface area contributed by atoms with Crippen molar-refractivity contribution < 1.29 is 33.7 Å². The Labute approximate surface area is 204 Å². The van der Waals surface area contributed by atoms with Gasteiger partial charge in [0.2, 0.25) is 5.91 Å². The van der Waals surface area contributed by atoms with Crippen molar-refractivity contribution in [1.29, 1.82) is 5.26 Å². The smallest absolute Gasteiger partial charge is 0.251 e. The molecule has 0 aliphatic carbocycles. The number of nitrogens with one attached hydrogen (secondary N) is 2. The summed E-state index contributed by atoms with van der Waals surface area (Å²) in [5, 5.41) is 21.0. The SMILES string of the molecule is COCCOCOC[C@H](C[C@H](COCc1ccccc1)C(=O)NO)NC(=O)c1ccc(C#N)cc1. The molecule has 2 atom stereocenters. The van der Waals surface area contributed by atoms with E-state index in [2.05, 4.69) is 5.32 Å². The van der Waals surface area contributed by atoms with Crippen LogP contribution in [0.1, 0.15) is 27.9 Å². The molecule has 35 heavy (non-hydrogen) atoms. The Kier molecular flexibility index (Phi) is 13.0. The third-order valence-corrected chi connectivity index (χ3v) is 5.01. The minimum Gasteiger partial charge on any atom is -0.382 e. The largest absolute Gasteiger partial charge is 0.382 e. The standard InChI is InChI=1S/C25H31N3O7/c1-32-11-12-33-18-35-17-23(27-24(29)21-9-7-19(14-26)8-10-21)13-22(25(30)28-31)16-34-15-20-5-3-2-4-6-20/h2-10,22-23,31H,11-13,15-18H2,1H3,(H,27,29)(H,28,30)/t22-,23+/m1/s1. The third-order valence-electron chi connectivity index (χ3n) is 5.01. The molecule has 0 spiro atoms. The molecule has 0 heterocycles. The van der Waals surface area contributed by atoms with E-state index < -0.39 is 23.8 Å². The summed E-state index contributed by atoms with van der Waals surface area (Å²) in [6.07, 6.45) is 0.140. The number of nitrogens with zero attached hydrogens (tertiary/aromatic N) is 1. The summed E-state index contributed by atoms with van der Waals surface area (Å²) in [7, 11) is 1.56. The summed E-state index contributed by atoms with van der Waals surface area (Å²) in [5.41, 5.74) is 3.40. The number of benzene rings is 2. The van der Waals surface area contributed by atoms with E-state index in [9.17, 15) is 14.8 Å². The van der Waals surface area contributed by atoms with Crippen molar-refractivity contribution in [2.45, 2.75) is 19.1 Å². The zero-order chi connectivity index (χ0) is 25.3. The van der Waals surface area contributed by atoms with E-state index in [1.54, 1.807) is 36.9 Å². The summed E-state index contributed by atoms with van der Waals surface area (Å²) in [5.74, 6) is -1.78. The van der Waals surface area contributed by atoms with Gasteiger partial charge in [0.1, 0.15) is 6.79 Å². The molecule has 2 amide bonds. The first-order valence-electron chi connectivity index (χ1n) is 11.1. The predicted octanol–water partition coefficient (Wildman–Crippen LogP) is 2.02. The second-order valence-electron chi connectivity index (χ2n) is 7.66. The van der Waals surface area contributed by atoms with Gasteiger partial charge in [-0.25, -0.2) is 5.48 Å². The Morgan fingerprint density at radius 2 is 1.74 bits per heavy atom. The van der Waals surface area contributed by atoms with Gasteiger partial charge in [0, 0.05) is 12.7 Å². The van der Waals surface area contributed by atoms with Gasteiger partial charge in [-0.2, -0.15) is 5.26 Å². The zero-order valence-corrected chi connectivity index (χ0v) is 19.6. The van der Waals surface area contributed by atoms with Crippen LogP contribution in [0.15, 0.2) is 54.6 Å². The Morgan fingerprint density at radius 3 is 2.40 bits per heavy atom. The van der Waals surface area contributed by atoms with Gasteiger partial charge in [0.25, 0.3) is 5.91 Å². The van der Waals surface area contributed by atoms with E-state index in [1.807, 2.05) is 36.4 Å². The normalized spacial score (nSPS) is 12.4. The van der Waals surface area contributed by atoms with Gasteiger partial charge in [0.15, 0.2) is 0 Å². The summed E-state index contributed by atoms with van der Waals surface area (Å²) in [6.45, 7) is 1.12. The molecule has 2 rings (SSSR count). The fraction of sp³-hybridized carbons (Fsp3) is 0.400. The average molecular weight is 486 g/mol. The summed E-state index contributed by atoms with van der Waals surface area (Å²) < 4.78 is 21.4. The van der Waals surface area contributed by atoms with Crippen LogP contribution < -0.4 is 10.8 Å². The summed E-state index contributed by atoms with van der Waals surface area (Å²) in [6, 6.07) is 17.1. The van der Waals surface area contributed by atoms with E-state index >= 15 is 0 Å². The summed E-state index contributed by atoms with van der Waals surface area (Å²) in [4.78, 5) is 25.1. The van der Waals surface area contributed by atoms with Gasteiger partial charge in [-0.1, -0.05) is 30.3 Å². The molecule has 0 radical (unpaired) electrons. The highest BCUT2D eigenvalue weighted by molar-refractivity contribution is 5.94. The lowest BCUT2D eigenvalue weighted by Gasteiger charge is -2.23. The molecule has 10 nitrogen and oxygen atoms in total. The topological polar surface area (TPSA) is 139 Å². The molecule has 0 bridgehead atoms. The first-order valence-corrected chi connectivity index (χ1v) is 11.1. The first-order chi connectivity index (χ1) is 17.1. The lowest BCUT2D eigenvalue weighted by molar-refractivity contribution is -0.136. The van der Waals surface area contributed by atoms with Crippen LogP contribution in [0, 0.1) is 17.2 Å². The van der Waals surface area contributed by atoms with E-state index in [4.69, 9.17) is 24.2 Å². The fourth-order valence-corrected chi connectivity index (χ4v) is 3.16. The Hall–Kier alpha value is -3.33. The first kappa shape index (κ1) is 27.9. The van der Waals surface area contributed by atoms with Crippen molar-refractivity contribution in [3.63, 3.8) is 0 Å². The van der Waals surface area contributed by atoms with Gasteiger partial charge < -0.3 is 24.3 Å². The van der Waals surface area contributed by atoms with Crippen LogP contribution in [0.3, 0.4) is 0 Å². The van der Waals surface area contributed by atoms with Gasteiger partial charge in [-0.3, -0.25) is 14.8 Å². The molecule has 0 fully saturated rings. The van der Waals surface area contributed by atoms with Crippen LogP contribution in [0.2, 0.25) is 0 Å².